The van der Waals surface area contributed by atoms with E-state index < -0.39 is 5.91 Å². The smallest absolute Gasteiger partial charge is 0.248 e. The molecule has 1 aromatic rings. The highest BCUT2D eigenvalue weighted by Gasteiger charge is 2.02. The maximum Gasteiger partial charge on any atom is 0.248 e. The Hall–Kier alpha value is -0.350. The van der Waals surface area contributed by atoms with Crippen LogP contribution in [0.4, 0.5) is 0 Å². The van der Waals surface area contributed by atoms with Gasteiger partial charge in [-0.2, -0.15) is 0 Å². The summed E-state index contributed by atoms with van der Waals surface area (Å²) in [6, 6.07) is 5.10. The van der Waals surface area contributed by atoms with Crippen LogP contribution in [0.25, 0.3) is 0 Å². The molecule has 0 atom stereocenters. The fourth-order valence-corrected chi connectivity index (χ4v) is 1.27. The number of carbonyl (C=O) groups excluding carboxylic acids is 1. The van der Waals surface area contributed by atoms with Gasteiger partial charge in [-0.05, 0) is 50.1 Å². The Morgan fingerprint density at radius 3 is 2.36 bits per heavy atom. The number of rotatable bonds is 1. The average Bonchev–Trinajstić information content (AvgIpc) is 1.94. The van der Waals surface area contributed by atoms with Gasteiger partial charge < -0.3 is 5.73 Å². The van der Waals surface area contributed by atoms with Crippen molar-refractivity contribution in [3.63, 3.8) is 0 Å². The molecule has 58 valence electrons. The first-order chi connectivity index (χ1) is 5.11. The van der Waals surface area contributed by atoms with Gasteiger partial charge in [0.2, 0.25) is 5.91 Å². The Balaban J connectivity index is 3.15. The monoisotopic (exact) mass is 277 g/mol. The van der Waals surface area contributed by atoms with E-state index in [1.54, 1.807) is 18.2 Å². The van der Waals surface area contributed by atoms with E-state index >= 15 is 0 Å². The van der Waals surface area contributed by atoms with Crippen molar-refractivity contribution in [1.29, 1.82) is 0 Å². The maximum atomic E-state index is 10.7. The van der Waals surface area contributed by atoms with Crippen LogP contribution in [-0.4, -0.2) is 5.91 Å². The minimum absolute atomic E-state index is 0.418. The molecule has 11 heavy (non-hydrogen) atoms. The van der Waals surface area contributed by atoms with Crippen LogP contribution >= 0.6 is 31.9 Å². The molecule has 0 fully saturated rings. The Bertz CT molecular complexity index is 298. The highest BCUT2D eigenvalue weighted by Crippen LogP contribution is 2.23. The van der Waals surface area contributed by atoms with Crippen LogP contribution in [0.1, 0.15) is 10.4 Å². The summed E-state index contributed by atoms with van der Waals surface area (Å²) in [7, 11) is 0. The molecule has 2 N–H and O–H groups in total. The van der Waals surface area contributed by atoms with Crippen molar-refractivity contribution < 1.29 is 4.79 Å². The van der Waals surface area contributed by atoms with E-state index in [1.165, 1.54) is 0 Å². The number of hydrogen-bond donors (Lipinski definition) is 1. The van der Waals surface area contributed by atoms with Gasteiger partial charge in [-0.25, -0.2) is 0 Å². The number of benzene rings is 1. The van der Waals surface area contributed by atoms with Crippen LogP contribution in [0.3, 0.4) is 0 Å². The van der Waals surface area contributed by atoms with Gasteiger partial charge in [0, 0.05) is 14.5 Å². The second-order valence-electron chi connectivity index (χ2n) is 1.99. The molecule has 0 aliphatic rings. The number of nitrogens with two attached hydrogens (primary N) is 1. The topological polar surface area (TPSA) is 43.1 Å². The van der Waals surface area contributed by atoms with E-state index in [0.717, 1.165) is 8.95 Å². The molecule has 0 unspecified atom stereocenters. The zero-order valence-corrected chi connectivity index (χ0v) is 8.65. The van der Waals surface area contributed by atoms with Crippen molar-refractivity contribution in [1.82, 2.24) is 0 Å². The minimum Gasteiger partial charge on any atom is -0.366 e. The summed E-state index contributed by atoms with van der Waals surface area (Å²) >= 11 is 6.54. The zero-order valence-electron chi connectivity index (χ0n) is 5.47. The fraction of sp³-hybridized carbons (Fsp3) is 0. The number of amides is 1. The van der Waals surface area contributed by atoms with Gasteiger partial charge in [-0.15, -0.1) is 0 Å². The Labute approximate surface area is 81.0 Å². The molecule has 0 bridgehead atoms. The van der Waals surface area contributed by atoms with Gasteiger partial charge in [0.25, 0.3) is 0 Å². The van der Waals surface area contributed by atoms with Crippen LogP contribution in [0, 0.1) is 0 Å². The third-order valence-corrected chi connectivity index (χ3v) is 3.08. The van der Waals surface area contributed by atoms with Gasteiger partial charge >= 0.3 is 0 Å². The normalized spacial score (nSPS) is 9.64. The summed E-state index contributed by atoms with van der Waals surface area (Å²) in [6.45, 7) is 0. The van der Waals surface area contributed by atoms with Crippen LogP contribution in [-0.2, 0) is 0 Å². The number of hydrogen-bond acceptors (Lipinski definition) is 1. The molecule has 2 nitrogen and oxygen atoms in total. The molecular formula is C7H5Br2NO. The molecule has 1 aromatic carbocycles. The number of halogens is 2. The second kappa shape index (κ2) is 3.36. The third-order valence-electron chi connectivity index (χ3n) is 1.20. The summed E-state index contributed by atoms with van der Waals surface area (Å²) < 4.78 is 1.73. The van der Waals surface area contributed by atoms with Gasteiger partial charge in [-0.3, -0.25) is 4.79 Å². The predicted molar refractivity (Wildman–Crippen MR) is 50.4 cm³/mol. The molecule has 0 radical (unpaired) electrons. The Morgan fingerprint density at radius 2 is 1.91 bits per heavy atom. The molecule has 0 aliphatic heterocycles. The van der Waals surface area contributed by atoms with Crippen molar-refractivity contribution in [2.45, 2.75) is 0 Å². The lowest BCUT2D eigenvalue weighted by Gasteiger charge is -1.97. The maximum absolute atomic E-state index is 10.7. The van der Waals surface area contributed by atoms with E-state index in [2.05, 4.69) is 31.9 Å². The van der Waals surface area contributed by atoms with E-state index in [0.29, 0.717) is 5.56 Å². The molecule has 1 amide bonds. The molecule has 0 saturated heterocycles. The summed E-state index contributed by atoms with van der Waals surface area (Å²) in [6.07, 6.45) is 0. The first-order valence-corrected chi connectivity index (χ1v) is 4.44. The quantitative estimate of drug-likeness (QED) is 0.842. The number of carbonyl (C=O) groups is 1. The van der Waals surface area contributed by atoms with Crippen molar-refractivity contribution in [2.24, 2.45) is 5.73 Å². The summed E-state index contributed by atoms with van der Waals surface area (Å²) in [5, 5.41) is 0. The first kappa shape index (κ1) is 8.74. The molecule has 0 aliphatic carbocycles. The highest BCUT2D eigenvalue weighted by molar-refractivity contribution is 9.13. The molecule has 4 heteroatoms. The standard InChI is InChI=1S/C7H5Br2NO/c8-5-2-1-4(7(10)11)3-6(5)9/h1-3H,(H2,10,11). The summed E-state index contributed by atoms with van der Waals surface area (Å²) in [4.78, 5) is 10.7. The van der Waals surface area contributed by atoms with Crippen LogP contribution in [0.5, 0.6) is 0 Å². The average molecular weight is 279 g/mol. The number of primary amides is 1. The first-order valence-electron chi connectivity index (χ1n) is 2.86. The van der Waals surface area contributed by atoms with E-state index in [1.807, 2.05) is 0 Å². The van der Waals surface area contributed by atoms with Gasteiger partial charge in [0.1, 0.15) is 0 Å². The third kappa shape index (κ3) is 2.04. The predicted octanol–water partition coefficient (Wildman–Crippen LogP) is 2.31. The fourth-order valence-electron chi connectivity index (χ4n) is 0.649. The Morgan fingerprint density at radius 1 is 1.27 bits per heavy atom. The second-order valence-corrected chi connectivity index (χ2v) is 3.70. The zero-order chi connectivity index (χ0) is 8.43. The van der Waals surface area contributed by atoms with Crippen molar-refractivity contribution in [3.05, 3.63) is 32.7 Å². The molecular weight excluding hydrogens is 274 g/mol. The van der Waals surface area contributed by atoms with Gasteiger partial charge in [0.05, 0.1) is 0 Å². The molecule has 0 saturated carbocycles. The summed E-state index contributed by atoms with van der Waals surface area (Å²) in [5.41, 5.74) is 5.56. The van der Waals surface area contributed by atoms with Gasteiger partial charge in [-0.1, -0.05) is 0 Å². The van der Waals surface area contributed by atoms with Crippen molar-refractivity contribution in [3.8, 4) is 0 Å². The highest BCUT2D eigenvalue weighted by atomic mass is 79.9. The lowest BCUT2D eigenvalue weighted by atomic mass is 10.2. The molecule has 0 heterocycles. The van der Waals surface area contributed by atoms with Crippen LogP contribution in [0.15, 0.2) is 27.1 Å². The van der Waals surface area contributed by atoms with E-state index in [9.17, 15) is 4.79 Å². The largest absolute Gasteiger partial charge is 0.366 e. The lowest BCUT2D eigenvalue weighted by molar-refractivity contribution is 0.1000. The summed E-state index contributed by atoms with van der Waals surface area (Å²) in [5.74, 6) is -0.418. The SMILES string of the molecule is NC(=O)c1ccc(Br)c(Br)c1. The lowest BCUT2D eigenvalue weighted by Crippen LogP contribution is -2.10. The van der Waals surface area contributed by atoms with Crippen molar-refractivity contribution in [2.75, 3.05) is 0 Å². The van der Waals surface area contributed by atoms with E-state index in [4.69, 9.17) is 5.73 Å². The van der Waals surface area contributed by atoms with Crippen LogP contribution < -0.4 is 5.73 Å². The molecule has 0 aromatic heterocycles. The Kier molecular flexibility index (Phi) is 2.67. The van der Waals surface area contributed by atoms with Crippen molar-refractivity contribution >= 4 is 37.8 Å². The molecule has 0 spiro atoms. The van der Waals surface area contributed by atoms with Gasteiger partial charge in [0.15, 0.2) is 0 Å². The minimum atomic E-state index is -0.418. The molecule has 1 rings (SSSR count). The van der Waals surface area contributed by atoms with E-state index in [-0.39, 0.29) is 0 Å². The van der Waals surface area contributed by atoms with Crippen LogP contribution in [0.2, 0.25) is 0 Å².